The van der Waals surface area contributed by atoms with Crippen LogP contribution in [0.5, 0.6) is 0 Å². The summed E-state index contributed by atoms with van der Waals surface area (Å²) < 4.78 is 7.01. The third-order valence-electron chi connectivity index (χ3n) is 5.42. The lowest BCUT2D eigenvalue weighted by molar-refractivity contribution is -0.144. The standard InChI is InChI=1S/C21H20N8O3/c1-28-11-8-21(31,19(28)30)17-12-16(27-32-17)14-5-3-4-13(24-14)15-6-9-22-20(25-15)26-18-7-10-23-29(18)2/h3-7,9-10,12,31H,8,11H2,1-2H3,(H,22,25,26)/t21-/m1/s1. The number of anilines is 2. The van der Waals surface area contributed by atoms with E-state index in [0.717, 1.165) is 5.82 Å². The molecule has 1 atom stereocenters. The first-order valence-corrected chi connectivity index (χ1v) is 9.95. The first-order valence-electron chi connectivity index (χ1n) is 9.95. The number of rotatable bonds is 5. The van der Waals surface area contributed by atoms with Crippen molar-refractivity contribution in [2.75, 3.05) is 18.9 Å². The van der Waals surface area contributed by atoms with Crippen LogP contribution in [0.25, 0.3) is 22.8 Å². The monoisotopic (exact) mass is 432 g/mol. The van der Waals surface area contributed by atoms with Crippen LogP contribution >= 0.6 is 0 Å². The molecule has 162 valence electrons. The van der Waals surface area contributed by atoms with E-state index in [2.05, 4.69) is 30.5 Å². The molecule has 0 radical (unpaired) electrons. The van der Waals surface area contributed by atoms with Gasteiger partial charge in [0, 0.05) is 45.4 Å². The lowest BCUT2D eigenvalue weighted by Gasteiger charge is -2.16. The number of likely N-dealkylation sites (N-methyl/N-ethyl adjacent to an activating group) is 1. The largest absolute Gasteiger partial charge is 0.373 e. The summed E-state index contributed by atoms with van der Waals surface area (Å²) in [4.78, 5) is 27.2. The number of likely N-dealkylation sites (tertiary alicyclic amines) is 1. The van der Waals surface area contributed by atoms with Gasteiger partial charge in [0.05, 0.1) is 23.3 Å². The topological polar surface area (TPSA) is 135 Å². The molecule has 0 unspecified atom stereocenters. The summed E-state index contributed by atoms with van der Waals surface area (Å²) in [5.74, 6) is 0.868. The van der Waals surface area contributed by atoms with E-state index in [4.69, 9.17) is 4.52 Å². The Hall–Kier alpha value is -4.12. The second-order valence-electron chi connectivity index (χ2n) is 7.55. The number of hydrogen-bond acceptors (Lipinski definition) is 9. The Balaban J connectivity index is 1.43. The molecule has 32 heavy (non-hydrogen) atoms. The van der Waals surface area contributed by atoms with E-state index in [0.29, 0.717) is 35.3 Å². The number of carbonyl (C=O) groups is 1. The molecular formula is C21H20N8O3. The fourth-order valence-electron chi connectivity index (χ4n) is 3.57. The highest BCUT2D eigenvalue weighted by Crippen LogP contribution is 2.34. The maximum Gasteiger partial charge on any atom is 0.262 e. The summed E-state index contributed by atoms with van der Waals surface area (Å²) in [6.45, 7) is 0.446. The number of amides is 1. The van der Waals surface area contributed by atoms with E-state index < -0.39 is 11.5 Å². The van der Waals surface area contributed by atoms with Gasteiger partial charge in [-0.3, -0.25) is 9.48 Å². The third-order valence-corrected chi connectivity index (χ3v) is 5.42. The van der Waals surface area contributed by atoms with Gasteiger partial charge in [-0.25, -0.2) is 15.0 Å². The molecule has 4 aromatic rings. The van der Waals surface area contributed by atoms with Crippen LogP contribution in [0.15, 0.2) is 53.3 Å². The normalized spacial score (nSPS) is 18.3. The predicted octanol–water partition coefficient (Wildman–Crippen LogP) is 1.72. The number of aliphatic hydroxyl groups is 1. The fourth-order valence-corrected chi connectivity index (χ4v) is 3.57. The third kappa shape index (κ3) is 3.38. The molecule has 11 heteroatoms. The van der Waals surface area contributed by atoms with Gasteiger partial charge in [-0.2, -0.15) is 5.10 Å². The molecule has 0 aliphatic carbocycles. The Morgan fingerprint density at radius 3 is 2.56 bits per heavy atom. The fraction of sp³-hybridized carbons (Fsp3) is 0.238. The van der Waals surface area contributed by atoms with Crippen molar-refractivity contribution in [2.24, 2.45) is 7.05 Å². The van der Waals surface area contributed by atoms with Crippen LogP contribution in [0.1, 0.15) is 12.2 Å². The maximum atomic E-state index is 12.3. The number of aromatic nitrogens is 6. The highest BCUT2D eigenvalue weighted by molar-refractivity contribution is 5.87. The van der Waals surface area contributed by atoms with E-state index >= 15 is 0 Å². The summed E-state index contributed by atoms with van der Waals surface area (Å²) in [5.41, 5.74) is 0.468. The first-order chi connectivity index (χ1) is 15.4. The molecule has 1 saturated heterocycles. The van der Waals surface area contributed by atoms with Gasteiger partial charge in [0.2, 0.25) is 11.5 Å². The second-order valence-corrected chi connectivity index (χ2v) is 7.55. The summed E-state index contributed by atoms with van der Waals surface area (Å²) in [6.07, 6.45) is 3.57. The minimum Gasteiger partial charge on any atom is -0.373 e. The molecule has 5 rings (SSSR count). The average Bonchev–Trinajstić information content (AvgIpc) is 3.52. The smallest absolute Gasteiger partial charge is 0.262 e. The molecule has 1 amide bonds. The van der Waals surface area contributed by atoms with Crippen LogP contribution in [-0.2, 0) is 17.4 Å². The first kappa shape index (κ1) is 19.8. The highest BCUT2D eigenvalue weighted by atomic mass is 16.5. The van der Waals surface area contributed by atoms with Crippen molar-refractivity contribution in [1.29, 1.82) is 0 Å². The van der Waals surface area contributed by atoms with Crippen molar-refractivity contribution < 1.29 is 14.4 Å². The van der Waals surface area contributed by atoms with Crippen molar-refractivity contribution in [3.63, 3.8) is 0 Å². The molecule has 1 fully saturated rings. The molecule has 5 heterocycles. The molecule has 1 aliphatic rings. The van der Waals surface area contributed by atoms with Crippen molar-refractivity contribution in [2.45, 2.75) is 12.0 Å². The summed E-state index contributed by atoms with van der Waals surface area (Å²) in [5, 5.41) is 22.0. The molecule has 2 N–H and O–H groups in total. The number of nitrogens with zero attached hydrogens (tertiary/aromatic N) is 7. The minimum atomic E-state index is -1.70. The lowest BCUT2D eigenvalue weighted by Crippen LogP contribution is -2.35. The van der Waals surface area contributed by atoms with Crippen molar-refractivity contribution >= 4 is 17.7 Å². The zero-order valence-electron chi connectivity index (χ0n) is 17.4. The van der Waals surface area contributed by atoms with Crippen LogP contribution < -0.4 is 5.32 Å². The number of carbonyl (C=O) groups excluding carboxylic acids is 1. The Morgan fingerprint density at radius 1 is 1.06 bits per heavy atom. The molecule has 4 aromatic heterocycles. The Labute approximate surface area is 182 Å². The molecule has 0 bridgehead atoms. The molecular weight excluding hydrogens is 412 g/mol. The number of aryl methyl sites for hydroxylation is 1. The molecule has 11 nitrogen and oxygen atoms in total. The van der Waals surface area contributed by atoms with Gasteiger partial charge in [-0.1, -0.05) is 11.2 Å². The van der Waals surface area contributed by atoms with Gasteiger partial charge in [-0.05, 0) is 18.2 Å². The van der Waals surface area contributed by atoms with E-state index in [1.807, 2.05) is 25.2 Å². The Morgan fingerprint density at radius 2 is 1.84 bits per heavy atom. The van der Waals surface area contributed by atoms with Gasteiger partial charge in [0.1, 0.15) is 11.5 Å². The average molecular weight is 432 g/mol. The minimum absolute atomic E-state index is 0.110. The van der Waals surface area contributed by atoms with Gasteiger partial charge in [0.25, 0.3) is 5.91 Å². The van der Waals surface area contributed by atoms with Gasteiger partial charge >= 0.3 is 0 Å². The zero-order valence-corrected chi connectivity index (χ0v) is 17.4. The summed E-state index contributed by atoms with van der Waals surface area (Å²) in [7, 11) is 3.46. The number of hydrogen-bond donors (Lipinski definition) is 2. The highest BCUT2D eigenvalue weighted by Gasteiger charge is 2.48. The van der Waals surface area contributed by atoms with Crippen LogP contribution in [0.2, 0.25) is 0 Å². The number of nitrogens with one attached hydrogen (secondary N) is 1. The summed E-state index contributed by atoms with van der Waals surface area (Å²) in [6, 6.07) is 10.5. The second kappa shape index (κ2) is 7.54. The van der Waals surface area contributed by atoms with Gasteiger partial charge in [-0.15, -0.1) is 0 Å². The summed E-state index contributed by atoms with van der Waals surface area (Å²) >= 11 is 0. The predicted molar refractivity (Wildman–Crippen MR) is 113 cm³/mol. The van der Waals surface area contributed by atoms with E-state index in [-0.39, 0.29) is 12.2 Å². The van der Waals surface area contributed by atoms with Crippen LogP contribution in [0, 0.1) is 0 Å². The number of pyridine rings is 1. The SMILES string of the molecule is CN1CC[C@@](O)(c2cc(-c3cccc(-c4ccnc(Nc5ccnn5C)n4)n3)no2)C1=O. The molecule has 1 aliphatic heterocycles. The van der Waals surface area contributed by atoms with Crippen LogP contribution in [0.4, 0.5) is 11.8 Å². The van der Waals surface area contributed by atoms with E-state index in [9.17, 15) is 9.90 Å². The van der Waals surface area contributed by atoms with E-state index in [1.165, 1.54) is 4.90 Å². The van der Waals surface area contributed by atoms with Crippen molar-refractivity contribution in [3.05, 3.63) is 54.6 Å². The zero-order chi connectivity index (χ0) is 22.3. The van der Waals surface area contributed by atoms with Crippen LogP contribution in [-0.4, -0.2) is 59.4 Å². The molecule has 0 spiro atoms. The van der Waals surface area contributed by atoms with Gasteiger partial charge in [0.15, 0.2) is 5.76 Å². The molecule has 0 saturated carbocycles. The maximum absolute atomic E-state index is 12.3. The molecule has 0 aromatic carbocycles. The van der Waals surface area contributed by atoms with E-state index in [1.54, 1.807) is 42.3 Å². The quantitative estimate of drug-likeness (QED) is 0.483. The van der Waals surface area contributed by atoms with Crippen LogP contribution in [0.3, 0.4) is 0 Å². The van der Waals surface area contributed by atoms with Gasteiger partial charge < -0.3 is 19.8 Å². The van der Waals surface area contributed by atoms with Crippen molar-refractivity contribution in [1.82, 2.24) is 34.8 Å². The Bertz CT molecular complexity index is 1300. The lowest BCUT2D eigenvalue weighted by atomic mass is 9.98. The Kier molecular flexibility index (Phi) is 4.67. The van der Waals surface area contributed by atoms with Crippen molar-refractivity contribution in [3.8, 4) is 22.8 Å².